The Bertz CT molecular complexity index is 736. The highest BCUT2D eigenvalue weighted by Gasteiger charge is 2.27. The topological polar surface area (TPSA) is 80.5 Å². The van der Waals surface area contributed by atoms with Crippen molar-refractivity contribution in [3.8, 4) is 11.5 Å². The minimum absolute atomic E-state index is 0.0717. The molecule has 2 aliphatic rings. The molecule has 1 aromatic carbocycles. The number of nitrogens with zero attached hydrogens (tertiary/aromatic N) is 2. The van der Waals surface area contributed by atoms with E-state index in [9.17, 15) is 9.90 Å². The van der Waals surface area contributed by atoms with E-state index in [-0.39, 0.29) is 18.4 Å². The van der Waals surface area contributed by atoms with Gasteiger partial charge in [-0.3, -0.25) is 4.99 Å². The zero-order valence-corrected chi connectivity index (χ0v) is 13.2. The van der Waals surface area contributed by atoms with E-state index in [2.05, 4.69) is 9.98 Å². The summed E-state index contributed by atoms with van der Waals surface area (Å²) in [6.45, 7) is 0.0717. The first kappa shape index (κ1) is 15.6. The highest BCUT2D eigenvalue weighted by molar-refractivity contribution is 6.44. The molecule has 1 fully saturated rings. The van der Waals surface area contributed by atoms with Gasteiger partial charge in [0.15, 0.2) is 5.71 Å². The molecule has 0 amide bonds. The summed E-state index contributed by atoms with van der Waals surface area (Å²) in [5.41, 5.74) is 1.05. The molecule has 1 aromatic rings. The van der Waals surface area contributed by atoms with Gasteiger partial charge < -0.3 is 14.6 Å². The SMILES string of the molecule is CN=CN=C(C(=O)O)C1=Cc2ccc(OC3CC3)c(Cl)c2OC1. The Kier molecular flexibility index (Phi) is 4.34. The van der Waals surface area contributed by atoms with Crippen LogP contribution in [0.1, 0.15) is 18.4 Å². The van der Waals surface area contributed by atoms with Crippen molar-refractivity contribution in [2.45, 2.75) is 18.9 Å². The van der Waals surface area contributed by atoms with Crippen molar-refractivity contribution >= 4 is 35.7 Å². The summed E-state index contributed by atoms with van der Waals surface area (Å²) in [5.74, 6) is -0.0412. The van der Waals surface area contributed by atoms with Crippen molar-refractivity contribution < 1.29 is 19.4 Å². The van der Waals surface area contributed by atoms with Crippen molar-refractivity contribution in [2.24, 2.45) is 9.98 Å². The number of hydrogen-bond donors (Lipinski definition) is 1. The number of fused-ring (bicyclic) bond motifs is 1. The van der Waals surface area contributed by atoms with Crippen LogP contribution in [0.2, 0.25) is 5.02 Å². The summed E-state index contributed by atoms with van der Waals surface area (Å²) in [6.07, 6.45) is 5.21. The number of ether oxygens (including phenoxy) is 2. The summed E-state index contributed by atoms with van der Waals surface area (Å²) in [6, 6.07) is 3.57. The molecule has 7 heteroatoms. The molecule has 1 N–H and O–H groups in total. The predicted molar refractivity (Wildman–Crippen MR) is 88.1 cm³/mol. The molecular formula is C16H15ClN2O4. The average Bonchev–Trinajstić information content (AvgIpc) is 3.34. The maximum atomic E-state index is 11.3. The lowest BCUT2D eigenvalue weighted by Crippen LogP contribution is -2.22. The lowest BCUT2D eigenvalue weighted by atomic mass is 10.0. The molecule has 1 aliphatic carbocycles. The van der Waals surface area contributed by atoms with E-state index in [1.165, 1.54) is 13.4 Å². The second-order valence-corrected chi connectivity index (χ2v) is 5.61. The molecular weight excluding hydrogens is 320 g/mol. The van der Waals surface area contributed by atoms with Crippen LogP contribution in [0.4, 0.5) is 0 Å². The van der Waals surface area contributed by atoms with E-state index in [1.54, 1.807) is 18.2 Å². The summed E-state index contributed by atoms with van der Waals surface area (Å²) in [7, 11) is 1.52. The second kappa shape index (κ2) is 6.42. The van der Waals surface area contributed by atoms with Gasteiger partial charge in [0.1, 0.15) is 29.5 Å². The lowest BCUT2D eigenvalue weighted by molar-refractivity contribution is -0.129. The minimum atomic E-state index is -1.14. The molecule has 23 heavy (non-hydrogen) atoms. The fraction of sp³-hybridized carbons (Fsp3) is 0.312. The van der Waals surface area contributed by atoms with E-state index >= 15 is 0 Å². The number of rotatable bonds is 5. The van der Waals surface area contributed by atoms with E-state index in [1.807, 2.05) is 0 Å². The molecule has 0 spiro atoms. The third kappa shape index (κ3) is 3.37. The van der Waals surface area contributed by atoms with Gasteiger partial charge in [0.25, 0.3) is 0 Å². The zero-order valence-electron chi connectivity index (χ0n) is 12.5. The third-order valence-electron chi connectivity index (χ3n) is 3.42. The van der Waals surface area contributed by atoms with Crippen LogP contribution in [0, 0.1) is 0 Å². The molecule has 0 bridgehead atoms. The third-order valence-corrected chi connectivity index (χ3v) is 3.78. The Morgan fingerprint density at radius 3 is 2.91 bits per heavy atom. The molecule has 0 radical (unpaired) electrons. The van der Waals surface area contributed by atoms with Gasteiger partial charge >= 0.3 is 5.97 Å². The molecule has 1 saturated carbocycles. The van der Waals surface area contributed by atoms with Gasteiger partial charge in [-0.05, 0) is 31.1 Å². The largest absolute Gasteiger partial charge is 0.489 e. The number of halogens is 1. The highest BCUT2D eigenvalue weighted by atomic mass is 35.5. The number of carboxylic acid groups (broad SMARTS) is 1. The van der Waals surface area contributed by atoms with Crippen LogP contribution in [-0.4, -0.2) is 42.9 Å². The Labute approximate surface area is 138 Å². The fourth-order valence-corrected chi connectivity index (χ4v) is 2.45. The molecule has 0 atom stereocenters. The van der Waals surface area contributed by atoms with Crippen LogP contribution < -0.4 is 9.47 Å². The molecule has 120 valence electrons. The smallest absolute Gasteiger partial charge is 0.354 e. The van der Waals surface area contributed by atoms with Crippen molar-refractivity contribution in [1.29, 1.82) is 0 Å². The molecule has 0 unspecified atom stereocenters. The first-order valence-corrected chi connectivity index (χ1v) is 7.52. The minimum Gasteiger partial charge on any atom is -0.489 e. The van der Waals surface area contributed by atoms with Crippen molar-refractivity contribution in [3.63, 3.8) is 0 Å². The number of benzene rings is 1. The highest BCUT2D eigenvalue weighted by Crippen LogP contribution is 2.42. The molecule has 1 heterocycles. The van der Waals surface area contributed by atoms with Crippen LogP contribution in [0.5, 0.6) is 11.5 Å². The second-order valence-electron chi connectivity index (χ2n) is 5.23. The number of aliphatic carboxylic acids is 1. The first-order chi connectivity index (χ1) is 11.1. The monoisotopic (exact) mass is 334 g/mol. The standard InChI is InChI=1S/C16H15ClN2O4/c1-18-8-19-14(16(20)21)10-6-9-2-5-12(23-11-3-4-11)13(17)15(9)22-7-10/h2,5-6,8,11H,3-4,7H2,1H3,(H,20,21). The fourth-order valence-electron chi connectivity index (χ4n) is 2.18. The predicted octanol–water partition coefficient (Wildman–Crippen LogP) is 2.84. The normalized spacial score (nSPS) is 17.5. The van der Waals surface area contributed by atoms with Crippen LogP contribution >= 0.6 is 11.6 Å². The summed E-state index contributed by atoms with van der Waals surface area (Å²) in [4.78, 5) is 18.9. The number of carbonyl (C=O) groups is 1. The van der Waals surface area contributed by atoms with Gasteiger partial charge in [-0.2, -0.15) is 0 Å². The van der Waals surface area contributed by atoms with Crippen molar-refractivity contribution in [2.75, 3.05) is 13.7 Å². The summed E-state index contributed by atoms with van der Waals surface area (Å²) in [5, 5.41) is 9.68. The van der Waals surface area contributed by atoms with E-state index in [0.29, 0.717) is 27.7 Å². The van der Waals surface area contributed by atoms with Crippen molar-refractivity contribution in [1.82, 2.24) is 0 Å². The molecule has 0 saturated heterocycles. The summed E-state index contributed by atoms with van der Waals surface area (Å²) >= 11 is 6.33. The number of aliphatic imine (C=N–C) groups is 2. The lowest BCUT2D eigenvalue weighted by Gasteiger charge is -2.20. The maximum absolute atomic E-state index is 11.3. The molecule has 6 nitrogen and oxygen atoms in total. The average molecular weight is 335 g/mol. The van der Waals surface area contributed by atoms with E-state index in [4.69, 9.17) is 21.1 Å². The summed E-state index contributed by atoms with van der Waals surface area (Å²) < 4.78 is 11.4. The van der Waals surface area contributed by atoms with Gasteiger partial charge in [0.2, 0.25) is 0 Å². The van der Waals surface area contributed by atoms with Gasteiger partial charge in [0, 0.05) is 18.2 Å². The first-order valence-electron chi connectivity index (χ1n) is 7.14. The van der Waals surface area contributed by atoms with Gasteiger partial charge in [0.05, 0.1) is 6.10 Å². The Morgan fingerprint density at radius 2 is 2.26 bits per heavy atom. The Morgan fingerprint density at radius 1 is 1.48 bits per heavy atom. The van der Waals surface area contributed by atoms with Crippen LogP contribution in [0.15, 0.2) is 27.7 Å². The number of hydrogen-bond acceptors (Lipinski definition) is 4. The number of carboxylic acids is 1. The zero-order chi connectivity index (χ0) is 16.4. The Balaban J connectivity index is 1.94. The Hall–Kier alpha value is -2.34. The van der Waals surface area contributed by atoms with Gasteiger partial charge in [-0.1, -0.05) is 11.6 Å². The molecule has 3 rings (SSSR count). The molecule has 1 aliphatic heterocycles. The van der Waals surface area contributed by atoms with Crippen molar-refractivity contribution in [3.05, 3.63) is 28.3 Å². The van der Waals surface area contributed by atoms with Crippen LogP contribution in [0.25, 0.3) is 6.08 Å². The van der Waals surface area contributed by atoms with E-state index in [0.717, 1.165) is 12.8 Å². The maximum Gasteiger partial charge on any atom is 0.354 e. The van der Waals surface area contributed by atoms with Crippen LogP contribution in [0.3, 0.4) is 0 Å². The quantitative estimate of drug-likeness (QED) is 0.663. The van der Waals surface area contributed by atoms with E-state index < -0.39 is 5.97 Å². The van der Waals surface area contributed by atoms with Gasteiger partial charge in [-0.25, -0.2) is 9.79 Å². The van der Waals surface area contributed by atoms with Crippen LogP contribution in [-0.2, 0) is 4.79 Å². The van der Waals surface area contributed by atoms with Gasteiger partial charge in [-0.15, -0.1) is 0 Å². The molecule has 0 aromatic heterocycles.